The van der Waals surface area contributed by atoms with E-state index in [0.29, 0.717) is 0 Å². The molecule has 0 unspecified atom stereocenters. The van der Waals surface area contributed by atoms with Crippen LogP contribution in [0.15, 0.2) is 0 Å². The highest BCUT2D eigenvalue weighted by Gasteiger charge is 2.51. The third kappa shape index (κ3) is 2.59. The number of carboxylic acid groups (broad SMARTS) is 1. The van der Waals surface area contributed by atoms with Crippen molar-refractivity contribution in [1.29, 1.82) is 0 Å². The SMILES string of the molecule is CC(=O)N(C)C1(C(=O)O)CCC(C(F)(F)F)CC1. The first-order valence-electron chi connectivity index (χ1n) is 5.66. The predicted octanol–water partition coefficient (Wildman–Crippen LogP) is 2.04. The van der Waals surface area contributed by atoms with Gasteiger partial charge in [-0.3, -0.25) is 4.79 Å². The highest BCUT2D eigenvalue weighted by molar-refractivity contribution is 5.86. The van der Waals surface area contributed by atoms with Crippen LogP contribution in [0.1, 0.15) is 32.6 Å². The molecule has 1 fully saturated rings. The lowest BCUT2D eigenvalue weighted by Crippen LogP contribution is -2.57. The number of halogens is 3. The summed E-state index contributed by atoms with van der Waals surface area (Å²) >= 11 is 0. The van der Waals surface area contributed by atoms with E-state index >= 15 is 0 Å². The first-order chi connectivity index (χ1) is 8.11. The lowest BCUT2D eigenvalue weighted by atomic mass is 9.75. The smallest absolute Gasteiger partial charge is 0.391 e. The number of rotatable bonds is 2. The number of nitrogens with zero attached hydrogens (tertiary/aromatic N) is 1. The molecule has 0 bridgehead atoms. The fraction of sp³-hybridized carbons (Fsp3) is 0.818. The molecule has 0 spiro atoms. The summed E-state index contributed by atoms with van der Waals surface area (Å²) in [6, 6.07) is 0. The first kappa shape index (κ1) is 14.8. The molecule has 0 saturated heterocycles. The number of likely N-dealkylation sites (N-methyl/N-ethyl adjacent to an activating group) is 1. The first-order valence-corrected chi connectivity index (χ1v) is 5.66. The van der Waals surface area contributed by atoms with E-state index in [9.17, 15) is 27.9 Å². The van der Waals surface area contributed by atoms with Crippen LogP contribution in [0.25, 0.3) is 0 Å². The molecule has 0 aliphatic heterocycles. The van der Waals surface area contributed by atoms with Gasteiger partial charge in [0.15, 0.2) is 0 Å². The van der Waals surface area contributed by atoms with E-state index in [1.54, 1.807) is 0 Å². The highest BCUT2D eigenvalue weighted by atomic mass is 19.4. The zero-order valence-electron chi connectivity index (χ0n) is 10.3. The van der Waals surface area contributed by atoms with Gasteiger partial charge in [0.1, 0.15) is 5.54 Å². The summed E-state index contributed by atoms with van der Waals surface area (Å²) in [5, 5.41) is 9.22. The van der Waals surface area contributed by atoms with Crippen molar-refractivity contribution in [2.45, 2.75) is 44.3 Å². The number of carbonyl (C=O) groups is 2. The summed E-state index contributed by atoms with van der Waals surface area (Å²) in [5.41, 5.74) is -1.49. The van der Waals surface area contributed by atoms with E-state index in [4.69, 9.17) is 0 Å². The average Bonchev–Trinajstić information content (AvgIpc) is 2.26. The van der Waals surface area contributed by atoms with E-state index in [1.807, 2.05) is 0 Å². The second-order valence-corrected chi connectivity index (χ2v) is 4.73. The molecule has 0 radical (unpaired) electrons. The standard InChI is InChI=1S/C11H16F3NO3/c1-7(16)15(2)10(9(17)18)5-3-8(4-6-10)11(12,13)14/h8H,3-6H2,1-2H3,(H,17,18). The van der Waals surface area contributed by atoms with Crippen LogP contribution in [-0.4, -0.2) is 40.6 Å². The maximum Gasteiger partial charge on any atom is 0.391 e. The third-order valence-electron chi connectivity index (χ3n) is 3.79. The molecule has 18 heavy (non-hydrogen) atoms. The Bertz CT molecular complexity index is 346. The zero-order chi connectivity index (χ0) is 14.1. The normalized spacial score (nSPS) is 28.8. The van der Waals surface area contributed by atoms with Gasteiger partial charge in [0.25, 0.3) is 0 Å². The summed E-state index contributed by atoms with van der Waals surface area (Å²) in [4.78, 5) is 23.6. The van der Waals surface area contributed by atoms with E-state index in [2.05, 4.69) is 0 Å². The van der Waals surface area contributed by atoms with E-state index in [1.165, 1.54) is 14.0 Å². The molecule has 1 amide bonds. The minimum atomic E-state index is -4.29. The molecule has 1 N–H and O–H groups in total. The van der Waals surface area contributed by atoms with Crippen molar-refractivity contribution in [3.63, 3.8) is 0 Å². The van der Waals surface area contributed by atoms with Gasteiger partial charge in [-0.1, -0.05) is 0 Å². The molecule has 0 aromatic heterocycles. The lowest BCUT2D eigenvalue weighted by Gasteiger charge is -2.43. The monoisotopic (exact) mass is 267 g/mol. The van der Waals surface area contributed by atoms with Crippen molar-refractivity contribution >= 4 is 11.9 Å². The Hall–Kier alpha value is -1.27. The number of aliphatic carboxylic acids is 1. The Kier molecular flexibility index (Phi) is 3.92. The maximum absolute atomic E-state index is 12.5. The summed E-state index contributed by atoms with van der Waals surface area (Å²) in [6.07, 6.45) is -5.13. The largest absolute Gasteiger partial charge is 0.479 e. The van der Waals surface area contributed by atoms with E-state index in [0.717, 1.165) is 4.90 Å². The molecule has 4 nitrogen and oxygen atoms in total. The predicted molar refractivity (Wildman–Crippen MR) is 56.8 cm³/mol. The third-order valence-corrected chi connectivity index (χ3v) is 3.79. The van der Waals surface area contributed by atoms with Gasteiger partial charge in [0.05, 0.1) is 5.92 Å². The van der Waals surface area contributed by atoms with Gasteiger partial charge in [0, 0.05) is 14.0 Å². The summed E-state index contributed by atoms with van der Waals surface area (Å²) in [7, 11) is 1.32. The Labute approximate surface area is 103 Å². The van der Waals surface area contributed by atoms with Crippen molar-refractivity contribution in [3.8, 4) is 0 Å². The average molecular weight is 267 g/mol. The van der Waals surface area contributed by atoms with Crippen molar-refractivity contribution in [3.05, 3.63) is 0 Å². The van der Waals surface area contributed by atoms with Gasteiger partial charge in [-0.25, -0.2) is 4.79 Å². The zero-order valence-corrected chi connectivity index (χ0v) is 10.3. The minimum Gasteiger partial charge on any atom is -0.479 e. The van der Waals surface area contributed by atoms with Crippen molar-refractivity contribution in [2.24, 2.45) is 5.92 Å². The van der Waals surface area contributed by atoms with E-state index in [-0.39, 0.29) is 25.7 Å². The number of carboxylic acids is 1. The number of carbonyl (C=O) groups excluding carboxylic acids is 1. The second kappa shape index (κ2) is 4.78. The van der Waals surface area contributed by atoms with Crippen LogP contribution >= 0.6 is 0 Å². The minimum absolute atomic E-state index is 0.164. The van der Waals surface area contributed by atoms with Crippen LogP contribution in [0.5, 0.6) is 0 Å². The Morgan fingerprint density at radius 3 is 2.00 bits per heavy atom. The number of alkyl halides is 3. The second-order valence-electron chi connectivity index (χ2n) is 4.73. The van der Waals surface area contributed by atoms with Crippen molar-refractivity contribution < 1.29 is 27.9 Å². The van der Waals surface area contributed by atoms with Crippen LogP contribution in [0, 0.1) is 5.92 Å². The fourth-order valence-electron chi connectivity index (χ4n) is 2.42. The number of amides is 1. The van der Waals surface area contributed by atoms with Crippen LogP contribution in [-0.2, 0) is 9.59 Å². The topological polar surface area (TPSA) is 57.6 Å². The maximum atomic E-state index is 12.5. The lowest BCUT2D eigenvalue weighted by molar-refractivity contribution is -0.193. The molecule has 0 aromatic rings. The van der Waals surface area contributed by atoms with Gasteiger partial charge in [-0.15, -0.1) is 0 Å². The molecule has 1 saturated carbocycles. The van der Waals surface area contributed by atoms with Crippen LogP contribution in [0.3, 0.4) is 0 Å². The quantitative estimate of drug-likeness (QED) is 0.833. The van der Waals surface area contributed by atoms with Crippen molar-refractivity contribution in [1.82, 2.24) is 4.90 Å². The molecule has 7 heteroatoms. The van der Waals surface area contributed by atoms with Crippen LogP contribution in [0.2, 0.25) is 0 Å². The Morgan fingerprint density at radius 2 is 1.72 bits per heavy atom. The molecule has 1 rings (SSSR count). The highest BCUT2D eigenvalue weighted by Crippen LogP contribution is 2.43. The van der Waals surface area contributed by atoms with Gasteiger partial charge < -0.3 is 10.0 Å². The van der Waals surface area contributed by atoms with Gasteiger partial charge in [-0.2, -0.15) is 13.2 Å². The molecule has 1 aliphatic rings. The van der Waals surface area contributed by atoms with Gasteiger partial charge in [-0.05, 0) is 25.7 Å². The van der Waals surface area contributed by atoms with Gasteiger partial charge in [0.2, 0.25) is 5.91 Å². The molecule has 0 aromatic carbocycles. The van der Waals surface area contributed by atoms with Crippen molar-refractivity contribution in [2.75, 3.05) is 7.05 Å². The molecule has 1 aliphatic carbocycles. The fourth-order valence-corrected chi connectivity index (χ4v) is 2.42. The molecular formula is C11H16F3NO3. The molecule has 0 atom stereocenters. The van der Waals surface area contributed by atoms with Gasteiger partial charge >= 0.3 is 12.1 Å². The molecule has 0 heterocycles. The van der Waals surface area contributed by atoms with Crippen LogP contribution < -0.4 is 0 Å². The summed E-state index contributed by atoms with van der Waals surface area (Å²) < 4.78 is 37.6. The Morgan fingerprint density at radius 1 is 1.28 bits per heavy atom. The Balaban J connectivity index is 2.88. The molecular weight excluding hydrogens is 251 g/mol. The van der Waals surface area contributed by atoms with E-state index < -0.39 is 29.5 Å². The number of hydrogen-bond acceptors (Lipinski definition) is 2. The summed E-state index contributed by atoms with van der Waals surface area (Å²) in [6.45, 7) is 1.21. The molecule has 104 valence electrons. The summed E-state index contributed by atoms with van der Waals surface area (Å²) in [5.74, 6) is -3.16. The number of hydrogen-bond donors (Lipinski definition) is 1. The van der Waals surface area contributed by atoms with Crippen LogP contribution in [0.4, 0.5) is 13.2 Å².